The number of hydrogen-bond donors (Lipinski definition) is 2. The Balaban J connectivity index is 1.61. The highest BCUT2D eigenvalue weighted by Crippen LogP contribution is 2.44. The van der Waals surface area contributed by atoms with Crippen molar-refractivity contribution in [3.05, 3.63) is 110 Å². The fourth-order valence-corrected chi connectivity index (χ4v) is 4.66. The van der Waals surface area contributed by atoms with Crippen molar-refractivity contribution >= 4 is 34.4 Å². The van der Waals surface area contributed by atoms with Gasteiger partial charge in [-0.1, -0.05) is 48.0 Å². The van der Waals surface area contributed by atoms with Crippen molar-refractivity contribution in [2.45, 2.75) is 24.8 Å². The fraction of sp³-hybridized carbons (Fsp3) is 0.160. The molecule has 2 N–H and O–H groups in total. The molecule has 0 amide bonds. The number of halogens is 1. The Morgan fingerprint density at radius 3 is 2.41 bits per heavy atom. The van der Waals surface area contributed by atoms with Crippen LogP contribution < -0.4 is 10.6 Å². The highest BCUT2D eigenvalue weighted by molar-refractivity contribution is 6.30. The number of nitro benzene ring substituents is 1. The van der Waals surface area contributed by atoms with Crippen LogP contribution in [0.2, 0.25) is 5.02 Å². The molecule has 5 rings (SSSR count). The van der Waals surface area contributed by atoms with Gasteiger partial charge in [-0.15, -0.1) is 0 Å². The van der Waals surface area contributed by atoms with Gasteiger partial charge in [-0.2, -0.15) is 0 Å². The minimum absolute atomic E-state index is 0.000703. The van der Waals surface area contributed by atoms with Gasteiger partial charge >= 0.3 is 0 Å². The summed E-state index contributed by atoms with van der Waals surface area (Å²) >= 11 is 6.04. The van der Waals surface area contributed by atoms with Crippen molar-refractivity contribution < 1.29 is 9.72 Å². The Hall–Kier alpha value is -3.64. The lowest BCUT2D eigenvalue weighted by atomic mass is 9.78. The number of Topliss-reactive ketones (excluding diaryl/α,β-unsaturated/α-hetero) is 1. The number of allylic oxidation sites excluding steroid dienone is 1. The molecule has 2 atom stereocenters. The van der Waals surface area contributed by atoms with Crippen LogP contribution in [0.15, 0.2) is 84.1 Å². The number of nitro groups is 1. The molecule has 1 aliphatic carbocycles. The maximum Gasteiger partial charge on any atom is 0.269 e. The number of anilines is 2. The molecule has 0 bridgehead atoms. The molecule has 3 aromatic rings. The largest absolute Gasteiger partial charge is 0.372 e. The number of ketones is 1. The van der Waals surface area contributed by atoms with E-state index in [-0.39, 0.29) is 17.4 Å². The van der Waals surface area contributed by atoms with Gasteiger partial charge in [-0.05, 0) is 47.7 Å². The molecule has 160 valence electrons. The maximum absolute atomic E-state index is 13.5. The molecular formula is C25H20ClN3O3. The van der Waals surface area contributed by atoms with E-state index in [2.05, 4.69) is 10.6 Å². The molecule has 0 saturated carbocycles. The topological polar surface area (TPSA) is 84.3 Å². The number of benzene rings is 3. The first-order chi connectivity index (χ1) is 15.5. The van der Waals surface area contributed by atoms with Gasteiger partial charge in [0.1, 0.15) is 0 Å². The lowest BCUT2D eigenvalue weighted by molar-refractivity contribution is -0.384. The number of nitrogens with one attached hydrogen (secondary N) is 2. The molecule has 0 radical (unpaired) electrons. The van der Waals surface area contributed by atoms with E-state index >= 15 is 0 Å². The van der Waals surface area contributed by atoms with E-state index in [0.29, 0.717) is 29.0 Å². The van der Waals surface area contributed by atoms with Crippen molar-refractivity contribution in [3.8, 4) is 0 Å². The Kier molecular flexibility index (Phi) is 5.15. The van der Waals surface area contributed by atoms with Gasteiger partial charge in [-0.25, -0.2) is 0 Å². The summed E-state index contributed by atoms with van der Waals surface area (Å²) in [5.74, 6) is 0.0533. The maximum atomic E-state index is 13.5. The molecule has 7 heteroatoms. The fourth-order valence-electron chi connectivity index (χ4n) is 4.53. The van der Waals surface area contributed by atoms with Crippen LogP contribution >= 0.6 is 11.6 Å². The van der Waals surface area contributed by atoms with Crippen molar-refractivity contribution in [1.29, 1.82) is 0 Å². The van der Waals surface area contributed by atoms with Gasteiger partial charge < -0.3 is 10.6 Å². The summed E-state index contributed by atoms with van der Waals surface area (Å²) in [6, 6.07) is 21.3. The summed E-state index contributed by atoms with van der Waals surface area (Å²) in [7, 11) is 0. The normalized spacial score (nSPS) is 19.8. The van der Waals surface area contributed by atoms with Crippen LogP contribution in [0.25, 0.3) is 0 Å². The van der Waals surface area contributed by atoms with Gasteiger partial charge in [0.25, 0.3) is 5.69 Å². The Morgan fingerprint density at radius 1 is 0.906 bits per heavy atom. The zero-order valence-electron chi connectivity index (χ0n) is 17.0. The van der Waals surface area contributed by atoms with Gasteiger partial charge in [-0.3, -0.25) is 14.9 Å². The third-order valence-corrected chi connectivity index (χ3v) is 6.32. The number of carbonyl (C=O) groups excluding carboxylic acids is 1. The minimum atomic E-state index is -0.486. The van der Waals surface area contributed by atoms with Crippen LogP contribution in [0, 0.1) is 10.1 Å². The van der Waals surface area contributed by atoms with Gasteiger partial charge in [0.05, 0.1) is 22.3 Å². The van der Waals surface area contributed by atoms with Gasteiger partial charge in [0, 0.05) is 34.8 Å². The zero-order chi connectivity index (χ0) is 22.2. The van der Waals surface area contributed by atoms with Gasteiger partial charge in [0.2, 0.25) is 0 Å². The van der Waals surface area contributed by atoms with Crippen LogP contribution in [0.4, 0.5) is 17.1 Å². The predicted octanol–water partition coefficient (Wildman–Crippen LogP) is 6.23. The zero-order valence-corrected chi connectivity index (χ0v) is 17.8. The first kappa shape index (κ1) is 20.3. The Labute approximate surface area is 190 Å². The first-order valence-corrected chi connectivity index (χ1v) is 10.8. The number of hydrogen-bond acceptors (Lipinski definition) is 5. The minimum Gasteiger partial charge on any atom is -0.372 e. The van der Waals surface area contributed by atoms with E-state index in [9.17, 15) is 14.9 Å². The first-order valence-electron chi connectivity index (χ1n) is 10.4. The number of non-ortho nitro benzene ring substituents is 1. The molecule has 2 aliphatic rings. The summed E-state index contributed by atoms with van der Waals surface area (Å²) in [5.41, 5.74) is 4.94. The van der Waals surface area contributed by atoms with Gasteiger partial charge in [0.15, 0.2) is 5.78 Å². The summed E-state index contributed by atoms with van der Waals surface area (Å²) in [6.07, 6.45) is 1.02. The second-order valence-electron chi connectivity index (χ2n) is 8.07. The van der Waals surface area contributed by atoms with Crippen LogP contribution in [-0.2, 0) is 4.79 Å². The second kappa shape index (κ2) is 8.13. The molecule has 6 nitrogen and oxygen atoms in total. The number of fused-ring (bicyclic) bond motifs is 1. The predicted molar refractivity (Wildman–Crippen MR) is 125 cm³/mol. The van der Waals surface area contributed by atoms with Crippen LogP contribution in [-0.4, -0.2) is 10.7 Å². The third kappa shape index (κ3) is 3.74. The number of nitrogens with zero attached hydrogens (tertiary/aromatic N) is 1. The third-order valence-electron chi connectivity index (χ3n) is 6.06. The highest BCUT2D eigenvalue weighted by Gasteiger charge is 2.36. The highest BCUT2D eigenvalue weighted by atomic mass is 35.5. The van der Waals surface area contributed by atoms with E-state index in [1.54, 1.807) is 6.07 Å². The van der Waals surface area contributed by atoms with E-state index in [1.165, 1.54) is 12.1 Å². The Morgan fingerprint density at radius 2 is 1.66 bits per heavy atom. The molecule has 1 heterocycles. The van der Waals surface area contributed by atoms with Crippen LogP contribution in [0.1, 0.15) is 35.9 Å². The molecule has 0 unspecified atom stereocenters. The van der Waals surface area contributed by atoms with Crippen molar-refractivity contribution in [2.24, 2.45) is 0 Å². The number of carbonyl (C=O) groups is 1. The molecule has 0 aromatic heterocycles. The monoisotopic (exact) mass is 445 g/mol. The smallest absolute Gasteiger partial charge is 0.269 e. The molecule has 1 aliphatic heterocycles. The molecule has 0 spiro atoms. The van der Waals surface area contributed by atoms with Crippen molar-refractivity contribution in [1.82, 2.24) is 0 Å². The summed E-state index contributed by atoms with van der Waals surface area (Å²) < 4.78 is 0. The molecule has 3 aromatic carbocycles. The molecule has 0 fully saturated rings. The molecular weight excluding hydrogens is 426 g/mol. The van der Waals surface area contributed by atoms with Crippen LogP contribution in [0.5, 0.6) is 0 Å². The lowest BCUT2D eigenvalue weighted by Crippen LogP contribution is -2.26. The molecule has 32 heavy (non-hydrogen) atoms. The summed E-state index contributed by atoms with van der Waals surface area (Å²) in [4.78, 5) is 24.4. The molecule has 0 saturated heterocycles. The number of para-hydroxylation sites is 2. The van der Waals surface area contributed by atoms with E-state index in [0.717, 1.165) is 22.6 Å². The standard InChI is InChI=1S/C25H20ClN3O3/c26-18-10-8-15(9-11-18)17-13-22-24(23(30)14-17)25(16-4-3-5-19(12-16)29(31)32)28-21-7-2-1-6-20(21)27-22/h1-12,17,25,27-28H,13-14H2/t17-,25+/m0/s1. The van der Waals surface area contributed by atoms with Crippen molar-refractivity contribution in [3.63, 3.8) is 0 Å². The van der Waals surface area contributed by atoms with Crippen LogP contribution in [0.3, 0.4) is 0 Å². The SMILES string of the molecule is O=C1C[C@@H](c2ccc(Cl)cc2)CC2=C1[C@@H](c1cccc([N+](=O)[O-])c1)Nc1ccccc1N2. The summed E-state index contributed by atoms with van der Waals surface area (Å²) in [5, 5.41) is 18.9. The number of rotatable bonds is 3. The average molecular weight is 446 g/mol. The van der Waals surface area contributed by atoms with Crippen molar-refractivity contribution in [2.75, 3.05) is 10.6 Å². The lowest BCUT2D eigenvalue weighted by Gasteiger charge is -2.30. The van der Waals surface area contributed by atoms with E-state index in [4.69, 9.17) is 11.6 Å². The Bertz CT molecular complexity index is 1250. The van der Waals surface area contributed by atoms with E-state index < -0.39 is 11.0 Å². The second-order valence-corrected chi connectivity index (χ2v) is 8.51. The summed E-state index contributed by atoms with van der Waals surface area (Å²) in [6.45, 7) is 0. The van der Waals surface area contributed by atoms with E-state index in [1.807, 2.05) is 54.6 Å². The quantitative estimate of drug-likeness (QED) is 0.369. The average Bonchev–Trinajstić information content (AvgIpc) is 2.96.